The van der Waals surface area contributed by atoms with E-state index >= 15 is 0 Å². The molecule has 0 spiro atoms. The third-order valence-electron chi connectivity index (χ3n) is 14.7. The van der Waals surface area contributed by atoms with E-state index in [2.05, 4.69) is 252 Å². The van der Waals surface area contributed by atoms with Gasteiger partial charge in [-0.1, -0.05) is 252 Å². The molecule has 66 heavy (non-hydrogen) atoms. The normalized spacial score (nSPS) is 16.4. The second-order valence-corrected chi connectivity index (χ2v) is 26.5. The zero-order valence-corrected chi connectivity index (χ0v) is 44.5. The number of fused-ring (bicyclic) bond motifs is 12. The predicted octanol–water partition coefficient (Wildman–Crippen LogP) is 17.8. The SMILES string of the molecule is CC(C)(C)c1c2cc(c(C(C)(C)C)c1C(C)(C)C)C(C(C)(C)C)(C(C)(C)C)c1cccc(c1)Cc1cccc(c1)Cc1cccc(c1)Cc1cccc(c1)Cc1cccc(c1)C2C(C)(C)C. The van der Waals surface area contributed by atoms with E-state index in [0.29, 0.717) is 0 Å². The number of hydrogen-bond acceptors (Lipinski definition) is 0. The predicted molar refractivity (Wildman–Crippen MR) is 287 cm³/mol. The Balaban J connectivity index is 1.65. The minimum absolute atomic E-state index is 0.0890. The lowest BCUT2D eigenvalue weighted by molar-refractivity contribution is 0.0884. The van der Waals surface area contributed by atoms with Crippen LogP contribution in [0.1, 0.15) is 214 Å². The summed E-state index contributed by atoms with van der Waals surface area (Å²) in [5.41, 5.74) is 20.1. The summed E-state index contributed by atoms with van der Waals surface area (Å²) in [7, 11) is 0. The Morgan fingerprint density at radius 3 is 1.03 bits per heavy atom. The van der Waals surface area contributed by atoms with Crippen molar-refractivity contribution in [2.45, 2.75) is 178 Å². The highest BCUT2D eigenvalue weighted by Gasteiger charge is 2.56. The lowest BCUT2D eigenvalue weighted by Crippen LogP contribution is -2.53. The molecule has 0 nitrogen and oxygen atoms in total. The van der Waals surface area contributed by atoms with Crippen molar-refractivity contribution >= 4 is 0 Å². The summed E-state index contributed by atoms with van der Waals surface area (Å²) < 4.78 is 0. The second-order valence-electron chi connectivity index (χ2n) is 26.5. The quantitative estimate of drug-likeness (QED) is 0.143. The molecule has 0 N–H and O–H groups in total. The van der Waals surface area contributed by atoms with Gasteiger partial charge in [-0.2, -0.15) is 0 Å². The molecule has 1 unspecified atom stereocenters. The van der Waals surface area contributed by atoms with Crippen molar-refractivity contribution in [3.63, 3.8) is 0 Å². The Morgan fingerprint density at radius 1 is 0.348 bits per heavy atom. The van der Waals surface area contributed by atoms with Gasteiger partial charge in [0, 0.05) is 11.3 Å². The van der Waals surface area contributed by atoms with Crippen LogP contribution >= 0.6 is 0 Å². The summed E-state index contributed by atoms with van der Waals surface area (Å²) in [4.78, 5) is 0. The summed E-state index contributed by atoms with van der Waals surface area (Å²) in [6.07, 6.45) is 3.63. The largest absolute Gasteiger partial charge is 0.0617 e. The summed E-state index contributed by atoms with van der Waals surface area (Å²) in [5, 5.41) is 0. The van der Waals surface area contributed by atoms with Gasteiger partial charge in [-0.25, -0.2) is 0 Å². The number of benzene rings is 6. The van der Waals surface area contributed by atoms with Gasteiger partial charge in [0.2, 0.25) is 0 Å². The molecule has 1 aliphatic carbocycles. The van der Waals surface area contributed by atoms with E-state index in [0.717, 1.165) is 25.7 Å². The zero-order valence-electron chi connectivity index (χ0n) is 44.5. The molecular weight excluding hydrogens is 793 g/mol. The van der Waals surface area contributed by atoms with Crippen LogP contribution in [-0.4, -0.2) is 0 Å². The molecule has 0 aromatic heterocycles. The van der Waals surface area contributed by atoms with Gasteiger partial charge in [0.05, 0.1) is 0 Å². The molecule has 0 saturated carbocycles. The summed E-state index contributed by atoms with van der Waals surface area (Å²) in [6.45, 7) is 45.0. The Labute approximate surface area is 403 Å². The topological polar surface area (TPSA) is 0 Å². The van der Waals surface area contributed by atoms with Crippen LogP contribution in [0.3, 0.4) is 0 Å². The highest BCUT2D eigenvalue weighted by molar-refractivity contribution is 5.63. The fraction of sp³-hybridized carbons (Fsp3) is 0.455. The lowest BCUT2D eigenvalue weighted by atomic mass is 9.46. The van der Waals surface area contributed by atoms with E-state index in [-0.39, 0.29) is 43.8 Å². The Morgan fingerprint density at radius 2 is 0.682 bits per heavy atom. The molecule has 6 aromatic carbocycles. The maximum Gasteiger partial charge on any atom is 0.0302 e. The van der Waals surface area contributed by atoms with E-state index < -0.39 is 0 Å². The van der Waals surface area contributed by atoms with Gasteiger partial charge in [0.25, 0.3) is 0 Å². The smallest absolute Gasteiger partial charge is 0.0302 e. The first-order valence-electron chi connectivity index (χ1n) is 25.1. The molecule has 1 atom stereocenters. The minimum atomic E-state index is -0.389. The third-order valence-corrected chi connectivity index (χ3v) is 14.7. The molecule has 7 rings (SSSR count). The molecule has 0 heteroatoms. The summed E-state index contributed by atoms with van der Waals surface area (Å²) >= 11 is 0. The van der Waals surface area contributed by atoms with E-state index in [1.807, 2.05) is 0 Å². The van der Waals surface area contributed by atoms with Gasteiger partial charge in [-0.15, -0.1) is 0 Å². The summed E-state index contributed by atoms with van der Waals surface area (Å²) in [6, 6.07) is 50.3. The fourth-order valence-corrected chi connectivity index (χ4v) is 13.0. The van der Waals surface area contributed by atoms with E-state index in [9.17, 15) is 0 Å². The van der Waals surface area contributed by atoms with E-state index in [1.54, 1.807) is 0 Å². The van der Waals surface area contributed by atoms with E-state index in [4.69, 9.17) is 0 Å². The maximum atomic E-state index is 2.79. The van der Waals surface area contributed by atoms with Gasteiger partial charge in [-0.05, 0) is 142 Å². The molecular formula is C66H84. The van der Waals surface area contributed by atoms with Crippen LogP contribution < -0.4 is 0 Å². The highest BCUT2D eigenvalue weighted by atomic mass is 14.6. The molecule has 0 saturated heterocycles. The first kappa shape index (κ1) is 49.2. The number of rotatable bonds is 0. The van der Waals surface area contributed by atoms with Gasteiger partial charge in [0.15, 0.2) is 0 Å². The van der Waals surface area contributed by atoms with Crippen LogP contribution in [0.5, 0.6) is 0 Å². The van der Waals surface area contributed by atoms with Gasteiger partial charge >= 0.3 is 0 Å². The van der Waals surface area contributed by atoms with Gasteiger partial charge in [-0.3, -0.25) is 0 Å². The van der Waals surface area contributed by atoms with Crippen molar-refractivity contribution in [3.05, 3.63) is 211 Å². The lowest BCUT2D eigenvalue weighted by Gasteiger charge is -2.57. The van der Waals surface area contributed by atoms with Crippen LogP contribution in [0.15, 0.2) is 127 Å². The average molecular weight is 877 g/mol. The monoisotopic (exact) mass is 877 g/mol. The van der Waals surface area contributed by atoms with Crippen LogP contribution in [0.4, 0.5) is 0 Å². The first-order chi connectivity index (χ1) is 30.5. The van der Waals surface area contributed by atoms with Crippen molar-refractivity contribution in [3.8, 4) is 0 Å². The molecule has 0 heterocycles. The van der Waals surface area contributed by atoms with Gasteiger partial charge < -0.3 is 0 Å². The molecule has 12 bridgehead atoms. The van der Waals surface area contributed by atoms with Crippen molar-refractivity contribution in [2.75, 3.05) is 0 Å². The Kier molecular flexibility index (Phi) is 13.0. The van der Waals surface area contributed by atoms with Crippen LogP contribution in [0.2, 0.25) is 0 Å². The fourth-order valence-electron chi connectivity index (χ4n) is 13.0. The first-order valence-corrected chi connectivity index (χ1v) is 25.1. The standard InChI is InChI=1S/C66H84/c1-60(2,3)56-52-32-22-30-50(41-52)39-48-28-20-26-46(37-48)35-44-24-19-25-45(34-44)36-47-27-21-29-49(38-47)40-51-31-23-33-53(42-51)66(64(13,14)15,65(16,17)18)55-43-54(56)57(61(4,5)6)59(63(10,11)12)58(55)62(7,8)9/h19-34,37-38,41-43,56H,35-36,39-40H2,1-18H3. The average Bonchev–Trinajstić information content (AvgIpc) is 3.15. The highest BCUT2D eigenvalue weighted by Crippen LogP contribution is 2.62. The molecule has 6 aromatic rings. The van der Waals surface area contributed by atoms with Crippen LogP contribution in [0, 0.1) is 16.2 Å². The molecule has 0 aliphatic heterocycles. The molecule has 348 valence electrons. The van der Waals surface area contributed by atoms with Crippen LogP contribution in [0.25, 0.3) is 0 Å². The van der Waals surface area contributed by atoms with Crippen molar-refractivity contribution in [1.82, 2.24) is 0 Å². The Hall–Kier alpha value is -4.68. The summed E-state index contributed by atoms with van der Waals surface area (Å²) in [5.74, 6) is 0.140. The van der Waals surface area contributed by atoms with Crippen molar-refractivity contribution in [1.29, 1.82) is 0 Å². The number of hydrogen-bond donors (Lipinski definition) is 0. The third kappa shape index (κ3) is 9.82. The minimum Gasteiger partial charge on any atom is -0.0617 e. The molecule has 1 aliphatic rings. The Bertz CT molecular complexity index is 2670. The van der Waals surface area contributed by atoms with E-state index in [1.165, 1.54) is 83.5 Å². The van der Waals surface area contributed by atoms with Crippen molar-refractivity contribution < 1.29 is 0 Å². The maximum absolute atomic E-state index is 2.79. The molecule has 0 radical (unpaired) electrons. The second kappa shape index (κ2) is 17.4. The van der Waals surface area contributed by atoms with Gasteiger partial charge in [0.1, 0.15) is 0 Å². The van der Waals surface area contributed by atoms with Crippen LogP contribution in [-0.2, 0) is 47.3 Å². The molecule has 0 amide bonds. The van der Waals surface area contributed by atoms with Crippen molar-refractivity contribution in [2.24, 2.45) is 16.2 Å². The molecule has 0 fully saturated rings. The zero-order chi connectivity index (χ0) is 48.4.